The summed E-state index contributed by atoms with van der Waals surface area (Å²) in [5, 5.41) is 3.34. The van der Waals surface area contributed by atoms with Crippen molar-refractivity contribution in [3.63, 3.8) is 0 Å². The van der Waals surface area contributed by atoms with E-state index >= 15 is 0 Å². The molecule has 0 atom stereocenters. The number of halogens is 1. The third kappa shape index (κ3) is 4.54. The highest BCUT2D eigenvalue weighted by Crippen LogP contribution is 2.30. The first-order chi connectivity index (χ1) is 14.9. The van der Waals surface area contributed by atoms with Gasteiger partial charge in [-0.05, 0) is 37.1 Å². The molecule has 6 nitrogen and oxygen atoms in total. The molecule has 0 saturated carbocycles. The largest absolute Gasteiger partial charge is 0.300 e. The van der Waals surface area contributed by atoms with E-state index in [1.54, 1.807) is 0 Å². The summed E-state index contributed by atoms with van der Waals surface area (Å²) in [6.45, 7) is 3.86. The molecule has 4 rings (SSSR count). The molecule has 2 heterocycles. The molecule has 158 valence electrons. The van der Waals surface area contributed by atoms with E-state index < -0.39 is 17.3 Å². The second-order valence-corrected chi connectivity index (χ2v) is 8.46. The number of amides is 1. The Bertz CT molecular complexity index is 1310. The molecule has 0 spiro atoms. The number of carbonyl (C=O) groups is 1. The summed E-state index contributed by atoms with van der Waals surface area (Å²) >= 11 is 1.38. The number of nitrogens with zero attached hydrogens (tertiary/aromatic N) is 3. The lowest BCUT2D eigenvalue weighted by Crippen LogP contribution is -2.27. The number of fused-ring (bicyclic) bond motifs is 1. The van der Waals surface area contributed by atoms with Gasteiger partial charge < -0.3 is 5.32 Å². The van der Waals surface area contributed by atoms with Gasteiger partial charge in [0.05, 0.1) is 22.9 Å². The van der Waals surface area contributed by atoms with E-state index in [2.05, 4.69) is 34.3 Å². The highest BCUT2D eigenvalue weighted by molar-refractivity contribution is 7.16. The van der Waals surface area contributed by atoms with E-state index in [0.29, 0.717) is 10.6 Å². The summed E-state index contributed by atoms with van der Waals surface area (Å²) < 4.78 is 14.6. The van der Waals surface area contributed by atoms with Crippen molar-refractivity contribution in [1.82, 2.24) is 14.5 Å². The van der Waals surface area contributed by atoms with Crippen molar-refractivity contribution in [2.45, 2.75) is 33.2 Å². The molecule has 4 aromatic rings. The number of thiazole rings is 1. The first kappa shape index (κ1) is 20.9. The smallest absolute Gasteiger partial charge is 0.261 e. The van der Waals surface area contributed by atoms with E-state index in [-0.39, 0.29) is 11.9 Å². The predicted molar refractivity (Wildman–Crippen MR) is 121 cm³/mol. The number of rotatable bonds is 6. The van der Waals surface area contributed by atoms with Crippen LogP contribution >= 0.6 is 11.3 Å². The number of aryl methyl sites for hydroxylation is 2. The van der Waals surface area contributed by atoms with Crippen LogP contribution in [0.1, 0.15) is 23.8 Å². The second-order valence-electron chi connectivity index (χ2n) is 7.26. The quantitative estimate of drug-likeness (QED) is 0.481. The zero-order chi connectivity index (χ0) is 22.0. The predicted octanol–water partition coefficient (Wildman–Crippen LogP) is 4.56. The molecule has 1 N–H and O–H groups in total. The topological polar surface area (TPSA) is 76.9 Å². The fourth-order valence-corrected chi connectivity index (χ4v) is 4.24. The molecule has 8 heteroatoms. The van der Waals surface area contributed by atoms with E-state index in [1.165, 1.54) is 35.4 Å². The summed E-state index contributed by atoms with van der Waals surface area (Å²) in [5.74, 6) is -0.930. The van der Waals surface area contributed by atoms with Crippen LogP contribution < -0.4 is 10.9 Å². The molecule has 0 aliphatic rings. The number of benzene rings is 2. The van der Waals surface area contributed by atoms with Crippen molar-refractivity contribution in [3.05, 3.63) is 75.4 Å². The number of hydrogen-bond donors (Lipinski definition) is 1. The van der Waals surface area contributed by atoms with Crippen LogP contribution in [0.3, 0.4) is 0 Å². The van der Waals surface area contributed by atoms with Crippen LogP contribution in [0.2, 0.25) is 0 Å². The van der Waals surface area contributed by atoms with Crippen LogP contribution in [0.5, 0.6) is 0 Å². The molecule has 0 saturated heterocycles. The molecule has 0 bridgehead atoms. The van der Waals surface area contributed by atoms with Crippen molar-refractivity contribution >= 4 is 33.3 Å². The van der Waals surface area contributed by atoms with Gasteiger partial charge in [-0.15, -0.1) is 11.3 Å². The molecule has 1 amide bonds. The van der Waals surface area contributed by atoms with Crippen LogP contribution in [-0.4, -0.2) is 20.4 Å². The Morgan fingerprint density at radius 2 is 1.97 bits per heavy atom. The van der Waals surface area contributed by atoms with Gasteiger partial charge >= 0.3 is 0 Å². The lowest BCUT2D eigenvalue weighted by atomic mass is 10.1. The van der Waals surface area contributed by atoms with Crippen LogP contribution in [0, 0.1) is 12.7 Å². The Morgan fingerprint density at radius 3 is 2.71 bits per heavy atom. The molecule has 0 aliphatic heterocycles. The second kappa shape index (κ2) is 8.77. The maximum Gasteiger partial charge on any atom is 0.261 e. The van der Waals surface area contributed by atoms with Gasteiger partial charge in [0.1, 0.15) is 12.4 Å². The van der Waals surface area contributed by atoms with Crippen LogP contribution in [0.4, 0.5) is 9.52 Å². The molecule has 0 unspecified atom stereocenters. The summed E-state index contributed by atoms with van der Waals surface area (Å²) in [7, 11) is 0. The molecule has 0 fully saturated rings. The van der Waals surface area contributed by atoms with E-state index in [0.717, 1.165) is 39.6 Å². The third-order valence-electron chi connectivity index (χ3n) is 4.91. The van der Waals surface area contributed by atoms with Crippen molar-refractivity contribution in [2.24, 2.45) is 0 Å². The minimum absolute atomic E-state index is 0.134. The van der Waals surface area contributed by atoms with Crippen molar-refractivity contribution in [1.29, 1.82) is 0 Å². The number of carbonyl (C=O) groups excluding carboxylic acids is 1. The third-order valence-corrected chi connectivity index (χ3v) is 5.80. The Kier molecular flexibility index (Phi) is 5.90. The lowest BCUT2D eigenvalue weighted by molar-refractivity contribution is -0.116. The maximum atomic E-state index is 13.5. The number of anilines is 1. The summed E-state index contributed by atoms with van der Waals surface area (Å²) in [5.41, 5.74) is 3.01. The average Bonchev–Trinajstić information content (AvgIpc) is 3.11. The van der Waals surface area contributed by atoms with Crippen molar-refractivity contribution in [3.8, 4) is 11.3 Å². The fourth-order valence-electron chi connectivity index (χ4n) is 3.39. The minimum Gasteiger partial charge on any atom is -0.300 e. The van der Waals surface area contributed by atoms with Gasteiger partial charge in [-0.1, -0.05) is 37.6 Å². The SMILES string of the molecule is CCCc1ccc(-c2nc(NC(=O)Cn3cnc4ccc(F)cc4c3=O)sc2C)cc1. The zero-order valence-electron chi connectivity index (χ0n) is 17.2. The first-order valence-corrected chi connectivity index (χ1v) is 10.8. The average molecular weight is 437 g/mol. The Labute approximate surface area is 182 Å². The summed E-state index contributed by atoms with van der Waals surface area (Å²) in [4.78, 5) is 34.7. The fraction of sp³-hybridized carbons (Fsp3) is 0.217. The minimum atomic E-state index is -0.526. The monoisotopic (exact) mass is 436 g/mol. The lowest BCUT2D eigenvalue weighted by Gasteiger charge is -2.06. The standard InChI is InChI=1S/C23H21FN4O2S/c1-3-4-15-5-7-16(8-6-15)21-14(2)31-23(27-21)26-20(29)12-28-13-25-19-10-9-17(24)11-18(19)22(28)30/h5-11,13H,3-4,12H2,1-2H3,(H,26,27,29). The number of aromatic nitrogens is 3. The van der Waals surface area contributed by atoms with Crippen LogP contribution in [0.25, 0.3) is 22.2 Å². The van der Waals surface area contributed by atoms with Gasteiger partial charge in [-0.25, -0.2) is 14.4 Å². The van der Waals surface area contributed by atoms with E-state index in [4.69, 9.17) is 0 Å². The summed E-state index contributed by atoms with van der Waals surface area (Å²) in [6.07, 6.45) is 3.42. The van der Waals surface area contributed by atoms with Crippen LogP contribution in [0.15, 0.2) is 53.6 Å². The highest BCUT2D eigenvalue weighted by Gasteiger charge is 2.14. The molecule has 2 aromatic carbocycles. The molecule has 0 radical (unpaired) electrons. The van der Waals surface area contributed by atoms with Crippen LogP contribution in [-0.2, 0) is 17.8 Å². The van der Waals surface area contributed by atoms with Crippen molar-refractivity contribution in [2.75, 3.05) is 5.32 Å². The van der Waals surface area contributed by atoms with Gasteiger partial charge in [0.2, 0.25) is 5.91 Å². The van der Waals surface area contributed by atoms with Gasteiger partial charge in [-0.2, -0.15) is 0 Å². The van der Waals surface area contributed by atoms with E-state index in [9.17, 15) is 14.0 Å². The first-order valence-electron chi connectivity index (χ1n) is 9.96. The van der Waals surface area contributed by atoms with E-state index in [1.807, 2.05) is 19.1 Å². The van der Waals surface area contributed by atoms with Crippen molar-refractivity contribution < 1.29 is 9.18 Å². The van der Waals surface area contributed by atoms with Gasteiger partial charge in [-0.3, -0.25) is 14.2 Å². The summed E-state index contributed by atoms with van der Waals surface area (Å²) in [6, 6.07) is 12.1. The maximum absolute atomic E-state index is 13.5. The number of hydrogen-bond acceptors (Lipinski definition) is 5. The highest BCUT2D eigenvalue weighted by atomic mass is 32.1. The van der Waals surface area contributed by atoms with Gasteiger partial charge in [0.15, 0.2) is 5.13 Å². The number of nitrogens with one attached hydrogen (secondary N) is 1. The Hall–Kier alpha value is -3.39. The normalized spacial score (nSPS) is 11.1. The van der Waals surface area contributed by atoms with Gasteiger partial charge in [0, 0.05) is 10.4 Å². The van der Waals surface area contributed by atoms with Gasteiger partial charge in [0.25, 0.3) is 5.56 Å². The molecule has 31 heavy (non-hydrogen) atoms. The molecular weight excluding hydrogens is 415 g/mol. The Morgan fingerprint density at radius 1 is 1.19 bits per heavy atom. The molecule has 2 aromatic heterocycles. The molecular formula is C23H21FN4O2S. The zero-order valence-corrected chi connectivity index (χ0v) is 18.0. The molecule has 0 aliphatic carbocycles. The Balaban J connectivity index is 1.51.